The van der Waals surface area contributed by atoms with Crippen LogP contribution in [-0.2, 0) is 0 Å². The van der Waals surface area contributed by atoms with Gasteiger partial charge in [0, 0.05) is 6.42 Å². The summed E-state index contributed by atoms with van der Waals surface area (Å²) in [7, 11) is 0. The molecular weight excluding hydrogens is 290 g/mol. The standard InChI is InChI=1S/C17H19N5O/c1-2-3-4-5-6-7-10-13-19-15(18)14-17(20-13)22-16(21-14)12-9-8-11-23-12/h8-9,11H,2-6H2,1H3,(H3,18,19,20,21,22). The number of nitrogens with two attached hydrogens (primary N) is 1. The molecule has 0 unspecified atom stereocenters. The Hall–Kier alpha value is -2.81. The summed E-state index contributed by atoms with van der Waals surface area (Å²) in [4.78, 5) is 16.1. The summed E-state index contributed by atoms with van der Waals surface area (Å²) in [6, 6.07) is 3.62. The van der Waals surface area contributed by atoms with E-state index in [4.69, 9.17) is 10.2 Å². The van der Waals surface area contributed by atoms with Crippen molar-refractivity contribution < 1.29 is 4.42 Å². The number of hydrogen-bond acceptors (Lipinski definition) is 5. The third kappa shape index (κ3) is 3.51. The Morgan fingerprint density at radius 1 is 1.22 bits per heavy atom. The number of nitrogens with one attached hydrogen (secondary N) is 1. The summed E-state index contributed by atoms with van der Waals surface area (Å²) in [5.74, 6) is 8.03. The average Bonchev–Trinajstić information content (AvgIpc) is 3.19. The fourth-order valence-corrected chi connectivity index (χ4v) is 2.29. The zero-order valence-corrected chi connectivity index (χ0v) is 13.1. The van der Waals surface area contributed by atoms with Gasteiger partial charge in [0.25, 0.3) is 0 Å². The van der Waals surface area contributed by atoms with Gasteiger partial charge in [-0.05, 0) is 24.5 Å². The molecule has 0 atom stereocenters. The highest BCUT2D eigenvalue weighted by Gasteiger charge is 2.12. The molecule has 0 fully saturated rings. The summed E-state index contributed by atoms with van der Waals surface area (Å²) < 4.78 is 5.32. The van der Waals surface area contributed by atoms with Crippen molar-refractivity contribution in [3.8, 4) is 23.4 Å². The van der Waals surface area contributed by atoms with Crippen LogP contribution < -0.4 is 5.73 Å². The van der Waals surface area contributed by atoms with Crippen LogP contribution in [0.25, 0.3) is 22.7 Å². The van der Waals surface area contributed by atoms with E-state index in [2.05, 4.69) is 38.7 Å². The molecule has 3 N–H and O–H groups in total. The minimum absolute atomic E-state index is 0.343. The first kappa shape index (κ1) is 15.1. The average molecular weight is 309 g/mol. The van der Waals surface area contributed by atoms with Gasteiger partial charge < -0.3 is 15.1 Å². The second kappa shape index (κ2) is 6.97. The van der Waals surface area contributed by atoms with Crippen molar-refractivity contribution in [2.45, 2.75) is 39.0 Å². The highest BCUT2D eigenvalue weighted by molar-refractivity contribution is 5.84. The molecule has 0 spiro atoms. The zero-order chi connectivity index (χ0) is 16.1. The van der Waals surface area contributed by atoms with Gasteiger partial charge in [0.1, 0.15) is 5.52 Å². The van der Waals surface area contributed by atoms with Crippen LogP contribution in [0.15, 0.2) is 22.8 Å². The first-order valence-corrected chi connectivity index (χ1v) is 7.84. The minimum Gasteiger partial charge on any atom is -0.461 e. The van der Waals surface area contributed by atoms with Crippen molar-refractivity contribution >= 4 is 17.0 Å². The quantitative estimate of drug-likeness (QED) is 0.555. The fourth-order valence-electron chi connectivity index (χ4n) is 2.29. The third-order valence-electron chi connectivity index (χ3n) is 3.49. The molecule has 0 aliphatic rings. The van der Waals surface area contributed by atoms with Gasteiger partial charge >= 0.3 is 0 Å². The van der Waals surface area contributed by atoms with Gasteiger partial charge in [0.2, 0.25) is 5.82 Å². The lowest BCUT2D eigenvalue weighted by molar-refractivity contribution is 0.578. The first-order chi connectivity index (χ1) is 11.3. The number of anilines is 1. The summed E-state index contributed by atoms with van der Waals surface area (Å²) in [6.45, 7) is 2.19. The number of furan rings is 1. The van der Waals surface area contributed by atoms with Gasteiger partial charge in [-0.3, -0.25) is 0 Å². The van der Waals surface area contributed by atoms with E-state index in [9.17, 15) is 0 Å². The summed E-state index contributed by atoms with van der Waals surface area (Å²) in [5.41, 5.74) is 7.07. The summed E-state index contributed by atoms with van der Waals surface area (Å²) in [5, 5.41) is 0. The molecule has 3 aromatic rings. The summed E-state index contributed by atoms with van der Waals surface area (Å²) in [6.07, 6.45) is 7.22. The van der Waals surface area contributed by atoms with Gasteiger partial charge in [0.05, 0.1) is 6.26 Å². The van der Waals surface area contributed by atoms with Crippen LogP contribution in [0.2, 0.25) is 0 Å². The zero-order valence-electron chi connectivity index (χ0n) is 13.1. The molecule has 118 valence electrons. The van der Waals surface area contributed by atoms with Crippen molar-refractivity contribution in [2.24, 2.45) is 0 Å². The van der Waals surface area contributed by atoms with Crippen LogP contribution in [0.5, 0.6) is 0 Å². The Bertz CT molecular complexity index is 839. The lowest BCUT2D eigenvalue weighted by atomic mass is 10.2. The third-order valence-corrected chi connectivity index (χ3v) is 3.49. The van der Waals surface area contributed by atoms with Crippen LogP contribution in [0, 0.1) is 11.8 Å². The number of unbranched alkanes of at least 4 members (excludes halogenated alkanes) is 4. The first-order valence-electron chi connectivity index (χ1n) is 7.84. The largest absolute Gasteiger partial charge is 0.461 e. The normalized spacial score (nSPS) is 10.7. The molecule has 6 heteroatoms. The lowest BCUT2D eigenvalue weighted by Gasteiger charge is -1.95. The van der Waals surface area contributed by atoms with Gasteiger partial charge in [0.15, 0.2) is 23.0 Å². The SMILES string of the molecule is CCCCCCC#Cc1nc(N)c2[nH]c(-c3ccco3)nc2n1. The van der Waals surface area contributed by atoms with Crippen molar-refractivity contribution in [3.63, 3.8) is 0 Å². The number of aromatic nitrogens is 4. The van der Waals surface area contributed by atoms with E-state index >= 15 is 0 Å². The van der Waals surface area contributed by atoms with Crippen LogP contribution in [0.1, 0.15) is 44.9 Å². The molecule has 3 heterocycles. The number of fused-ring (bicyclic) bond motifs is 1. The molecule has 0 aliphatic carbocycles. The van der Waals surface area contributed by atoms with Crippen LogP contribution in [0.4, 0.5) is 5.82 Å². The van der Waals surface area contributed by atoms with Crippen molar-refractivity contribution in [1.82, 2.24) is 19.9 Å². The van der Waals surface area contributed by atoms with Gasteiger partial charge in [-0.15, -0.1) is 0 Å². The number of H-pyrrole nitrogens is 1. The Morgan fingerprint density at radius 2 is 2.13 bits per heavy atom. The molecular formula is C17H19N5O. The van der Waals surface area contributed by atoms with E-state index in [-0.39, 0.29) is 0 Å². The topological polar surface area (TPSA) is 93.6 Å². The molecule has 3 aromatic heterocycles. The highest BCUT2D eigenvalue weighted by Crippen LogP contribution is 2.22. The maximum Gasteiger partial charge on any atom is 0.209 e. The second-order valence-electron chi connectivity index (χ2n) is 5.31. The number of aromatic amines is 1. The smallest absolute Gasteiger partial charge is 0.209 e. The minimum atomic E-state index is 0.343. The van der Waals surface area contributed by atoms with Crippen molar-refractivity contribution in [2.75, 3.05) is 5.73 Å². The monoisotopic (exact) mass is 309 g/mol. The maximum atomic E-state index is 5.97. The maximum absolute atomic E-state index is 5.97. The van der Waals surface area contributed by atoms with Gasteiger partial charge in [-0.1, -0.05) is 32.1 Å². The van der Waals surface area contributed by atoms with E-state index in [0.29, 0.717) is 34.4 Å². The molecule has 0 amide bonds. The predicted octanol–water partition coefficient (Wildman–Crippen LogP) is 3.52. The Morgan fingerprint density at radius 3 is 2.91 bits per heavy atom. The van der Waals surface area contributed by atoms with Crippen LogP contribution in [-0.4, -0.2) is 19.9 Å². The number of imidazole rings is 1. The lowest BCUT2D eigenvalue weighted by Crippen LogP contribution is -1.97. The molecule has 3 rings (SSSR count). The van der Waals surface area contributed by atoms with E-state index in [0.717, 1.165) is 12.8 Å². The van der Waals surface area contributed by atoms with Gasteiger partial charge in [-0.2, -0.15) is 4.98 Å². The highest BCUT2D eigenvalue weighted by atomic mass is 16.3. The van der Waals surface area contributed by atoms with E-state index in [1.165, 1.54) is 19.3 Å². The number of rotatable bonds is 5. The number of hydrogen-bond donors (Lipinski definition) is 2. The molecule has 0 aliphatic heterocycles. The summed E-state index contributed by atoms with van der Waals surface area (Å²) >= 11 is 0. The Kier molecular flexibility index (Phi) is 4.57. The van der Waals surface area contributed by atoms with Crippen molar-refractivity contribution in [1.29, 1.82) is 0 Å². The van der Waals surface area contributed by atoms with E-state index in [1.807, 2.05) is 6.07 Å². The molecule has 0 radical (unpaired) electrons. The van der Waals surface area contributed by atoms with E-state index in [1.54, 1.807) is 12.3 Å². The molecule has 23 heavy (non-hydrogen) atoms. The van der Waals surface area contributed by atoms with Crippen molar-refractivity contribution in [3.05, 3.63) is 24.2 Å². The Labute approximate surface area is 134 Å². The van der Waals surface area contributed by atoms with E-state index < -0.39 is 0 Å². The van der Waals surface area contributed by atoms with Gasteiger partial charge in [-0.25, -0.2) is 9.97 Å². The second-order valence-corrected chi connectivity index (χ2v) is 5.31. The molecule has 0 bridgehead atoms. The van der Waals surface area contributed by atoms with Crippen LogP contribution in [0.3, 0.4) is 0 Å². The van der Waals surface area contributed by atoms with Crippen LogP contribution >= 0.6 is 0 Å². The molecule has 0 saturated heterocycles. The number of nitrogens with zero attached hydrogens (tertiary/aromatic N) is 3. The molecule has 0 saturated carbocycles. The molecule has 6 nitrogen and oxygen atoms in total. The molecule has 0 aromatic carbocycles. The Balaban J connectivity index is 1.79. The fraction of sp³-hybridized carbons (Fsp3) is 0.353. The number of nitrogen functional groups attached to an aromatic ring is 1. The predicted molar refractivity (Wildman–Crippen MR) is 89.4 cm³/mol.